The van der Waals surface area contributed by atoms with Crippen molar-refractivity contribution in [1.29, 1.82) is 0 Å². The zero-order valence-corrected chi connectivity index (χ0v) is 47.2. The SMILES string of the molecule is CC/C=C\C/C=C\C/C=C\C/C=C\C/C=C\CCCCCC(=O)OCC(COCCCC/C=C\C/C=C\C/C=C\C/C=C\C/C=C\CC)OC(=O)CCCCCCCCCCCCCCCCCCCCC. The van der Waals surface area contributed by atoms with Crippen molar-refractivity contribution in [3.63, 3.8) is 0 Å². The molecule has 0 amide bonds. The van der Waals surface area contributed by atoms with Gasteiger partial charge in [-0.3, -0.25) is 9.59 Å². The lowest BCUT2D eigenvalue weighted by Crippen LogP contribution is -2.30. The average Bonchev–Trinajstić information content (AvgIpc) is 3.38. The Morgan fingerprint density at radius 1 is 0.319 bits per heavy atom. The summed E-state index contributed by atoms with van der Waals surface area (Å²) in [4.78, 5) is 25.6. The van der Waals surface area contributed by atoms with Gasteiger partial charge in [0, 0.05) is 19.4 Å². The maximum atomic E-state index is 12.9. The Balaban J connectivity index is 4.42. The van der Waals surface area contributed by atoms with Crippen molar-refractivity contribution in [2.24, 2.45) is 0 Å². The summed E-state index contributed by atoms with van der Waals surface area (Å²) in [5.74, 6) is -0.457. The number of carbonyl (C=O) groups is 2. The number of hydrogen-bond acceptors (Lipinski definition) is 5. The molecule has 72 heavy (non-hydrogen) atoms. The number of rotatable bonds is 54. The lowest BCUT2D eigenvalue weighted by atomic mass is 10.0. The van der Waals surface area contributed by atoms with Crippen LogP contribution in [-0.4, -0.2) is 37.9 Å². The van der Waals surface area contributed by atoms with Gasteiger partial charge in [-0.1, -0.05) is 264 Å². The van der Waals surface area contributed by atoms with E-state index in [1.165, 1.54) is 103 Å². The van der Waals surface area contributed by atoms with Crippen LogP contribution < -0.4 is 0 Å². The van der Waals surface area contributed by atoms with E-state index in [0.29, 0.717) is 19.4 Å². The molecule has 0 rings (SSSR count). The number of ether oxygens (including phenoxy) is 3. The van der Waals surface area contributed by atoms with Crippen molar-refractivity contribution in [3.05, 3.63) is 122 Å². The van der Waals surface area contributed by atoms with Gasteiger partial charge in [0.15, 0.2) is 6.10 Å². The largest absolute Gasteiger partial charge is 0.462 e. The van der Waals surface area contributed by atoms with Gasteiger partial charge in [0.2, 0.25) is 0 Å². The van der Waals surface area contributed by atoms with Crippen molar-refractivity contribution in [2.75, 3.05) is 19.8 Å². The van der Waals surface area contributed by atoms with Crippen molar-refractivity contribution in [1.82, 2.24) is 0 Å². The molecule has 0 spiro atoms. The van der Waals surface area contributed by atoms with Gasteiger partial charge in [0.25, 0.3) is 0 Å². The predicted octanol–water partition coefficient (Wildman–Crippen LogP) is 20.9. The third-order valence-electron chi connectivity index (χ3n) is 12.5. The molecule has 1 atom stereocenters. The fraction of sp³-hybridized carbons (Fsp3) is 0.672. The number of carbonyl (C=O) groups excluding carboxylic acids is 2. The molecular weight excluding hydrogens is 885 g/mol. The van der Waals surface area contributed by atoms with Crippen LogP contribution in [0.4, 0.5) is 0 Å². The minimum atomic E-state index is -0.580. The first-order valence-corrected chi connectivity index (χ1v) is 30.1. The van der Waals surface area contributed by atoms with E-state index >= 15 is 0 Å². The molecule has 0 saturated carbocycles. The van der Waals surface area contributed by atoms with Crippen LogP contribution in [-0.2, 0) is 23.8 Å². The molecule has 0 aromatic carbocycles. The molecule has 0 aliphatic rings. The summed E-state index contributed by atoms with van der Waals surface area (Å²) in [5.41, 5.74) is 0. The first-order valence-electron chi connectivity index (χ1n) is 30.1. The Bertz CT molecular complexity index is 1450. The molecule has 0 N–H and O–H groups in total. The van der Waals surface area contributed by atoms with Gasteiger partial charge in [-0.15, -0.1) is 0 Å². The molecule has 0 aliphatic heterocycles. The zero-order chi connectivity index (χ0) is 52.0. The quantitative estimate of drug-likeness (QED) is 0.0345. The molecule has 0 aromatic heterocycles. The normalized spacial score (nSPS) is 13.1. The molecule has 5 nitrogen and oxygen atoms in total. The van der Waals surface area contributed by atoms with Crippen LogP contribution in [0.15, 0.2) is 122 Å². The molecule has 0 heterocycles. The van der Waals surface area contributed by atoms with E-state index in [0.717, 1.165) is 128 Å². The molecular formula is C67H112O5. The monoisotopic (exact) mass is 997 g/mol. The van der Waals surface area contributed by atoms with Gasteiger partial charge in [-0.2, -0.15) is 0 Å². The van der Waals surface area contributed by atoms with E-state index in [9.17, 15) is 9.59 Å². The minimum Gasteiger partial charge on any atom is -0.462 e. The Morgan fingerprint density at radius 2 is 0.625 bits per heavy atom. The van der Waals surface area contributed by atoms with Gasteiger partial charge >= 0.3 is 11.9 Å². The molecule has 5 heteroatoms. The second kappa shape index (κ2) is 61.6. The first-order chi connectivity index (χ1) is 35.6. The Kier molecular flexibility index (Phi) is 58.4. The van der Waals surface area contributed by atoms with Crippen molar-refractivity contribution in [2.45, 2.75) is 271 Å². The zero-order valence-electron chi connectivity index (χ0n) is 47.2. The van der Waals surface area contributed by atoms with E-state index in [4.69, 9.17) is 14.2 Å². The van der Waals surface area contributed by atoms with Crippen LogP contribution >= 0.6 is 0 Å². The van der Waals surface area contributed by atoms with E-state index in [1.54, 1.807) is 0 Å². The van der Waals surface area contributed by atoms with Gasteiger partial charge in [-0.05, 0) is 109 Å². The fourth-order valence-electron chi connectivity index (χ4n) is 8.09. The first kappa shape index (κ1) is 68.3. The summed E-state index contributed by atoms with van der Waals surface area (Å²) in [6.07, 6.45) is 86.6. The van der Waals surface area contributed by atoms with Crippen molar-refractivity contribution >= 4 is 11.9 Å². The number of esters is 2. The fourth-order valence-corrected chi connectivity index (χ4v) is 8.09. The third kappa shape index (κ3) is 58.9. The molecule has 1 unspecified atom stereocenters. The highest BCUT2D eigenvalue weighted by Gasteiger charge is 2.17. The van der Waals surface area contributed by atoms with Crippen LogP contribution in [0.3, 0.4) is 0 Å². The predicted molar refractivity (Wildman–Crippen MR) is 316 cm³/mol. The Morgan fingerprint density at radius 3 is 1.00 bits per heavy atom. The average molecular weight is 998 g/mol. The summed E-state index contributed by atoms with van der Waals surface area (Å²) < 4.78 is 17.4. The lowest BCUT2D eigenvalue weighted by molar-refractivity contribution is -0.163. The molecule has 0 aromatic rings. The van der Waals surface area contributed by atoms with E-state index in [-0.39, 0.29) is 25.2 Å². The molecule has 0 radical (unpaired) electrons. The standard InChI is InChI=1S/C67H112O5/c1-4-7-10-13-16-19-22-25-28-31-34-36-39-42-45-48-51-54-57-60-66(68)71-64-65(63-70-62-59-56-53-50-47-44-41-38-33-30-27-24-21-18-15-12-9-6-3)72-67(69)61-58-55-52-49-46-43-40-37-35-32-29-26-23-20-17-14-11-8-5-2/h7,9-10,12,16,18-19,21,25,27-28,30,34,36,38,41-42,45,47,50,65H,4-6,8,11,13-15,17,20,22-24,26,29,31-33,35,37,39-40,43-44,46,48-49,51-64H2,1-3H3/b10-7-,12-9-,19-16-,21-18-,28-25-,30-27-,36-34-,41-38-,45-42-,50-47-. The van der Waals surface area contributed by atoms with Crippen molar-refractivity contribution in [3.8, 4) is 0 Å². The topological polar surface area (TPSA) is 61.8 Å². The minimum absolute atomic E-state index is 0.0455. The number of hydrogen-bond donors (Lipinski definition) is 0. The molecule has 0 saturated heterocycles. The summed E-state index contributed by atoms with van der Waals surface area (Å²) in [6.45, 7) is 7.48. The van der Waals surface area contributed by atoms with E-state index in [2.05, 4.69) is 142 Å². The summed E-state index contributed by atoms with van der Waals surface area (Å²) in [6, 6.07) is 0. The van der Waals surface area contributed by atoms with E-state index in [1.807, 2.05) is 0 Å². The maximum absolute atomic E-state index is 12.9. The molecule has 0 fully saturated rings. The number of allylic oxidation sites excluding steroid dienone is 20. The highest BCUT2D eigenvalue weighted by molar-refractivity contribution is 5.70. The van der Waals surface area contributed by atoms with Crippen LogP contribution in [0.5, 0.6) is 0 Å². The van der Waals surface area contributed by atoms with Gasteiger partial charge in [0.05, 0.1) is 6.61 Å². The molecule has 0 aliphatic carbocycles. The van der Waals surface area contributed by atoms with Gasteiger partial charge in [0.1, 0.15) is 6.61 Å². The number of unbranched alkanes of at least 4 members (excludes halogenated alkanes) is 23. The van der Waals surface area contributed by atoms with Crippen molar-refractivity contribution < 1.29 is 23.8 Å². The molecule has 410 valence electrons. The smallest absolute Gasteiger partial charge is 0.306 e. The maximum Gasteiger partial charge on any atom is 0.306 e. The van der Waals surface area contributed by atoms with Crippen LogP contribution in [0.2, 0.25) is 0 Å². The van der Waals surface area contributed by atoms with Gasteiger partial charge in [-0.25, -0.2) is 0 Å². The van der Waals surface area contributed by atoms with Crippen LogP contribution in [0.25, 0.3) is 0 Å². The Labute approximate surface area is 446 Å². The van der Waals surface area contributed by atoms with Crippen LogP contribution in [0.1, 0.15) is 265 Å². The molecule has 0 bridgehead atoms. The summed E-state index contributed by atoms with van der Waals surface area (Å²) in [5, 5.41) is 0. The third-order valence-corrected chi connectivity index (χ3v) is 12.5. The summed E-state index contributed by atoms with van der Waals surface area (Å²) in [7, 11) is 0. The second-order valence-corrected chi connectivity index (χ2v) is 19.5. The second-order valence-electron chi connectivity index (χ2n) is 19.5. The van der Waals surface area contributed by atoms with Gasteiger partial charge < -0.3 is 14.2 Å². The summed E-state index contributed by atoms with van der Waals surface area (Å²) >= 11 is 0. The Hall–Kier alpha value is -3.70. The van der Waals surface area contributed by atoms with Crippen LogP contribution in [0, 0.1) is 0 Å². The highest BCUT2D eigenvalue weighted by Crippen LogP contribution is 2.16. The lowest BCUT2D eigenvalue weighted by Gasteiger charge is -2.18. The highest BCUT2D eigenvalue weighted by atomic mass is 16.6. The van der Waals surface area contributed by atoms with E-state index < -0.39 is 6.10 Å².